The van der Waals surface area contributed by atoms with E-state index in [1.807, 2.05) is 65.6 Å². The molecule has 0 aliphatic rings. The van der Waals surface area contributed by atoms with Gasteiger partial charge in [-0.15, -0.1) is 0 Å². The van der Waals surface area contributed by atoms with Gasteiger partial charge < -0.3 is 19.7 Å². The van der Waals surface area contributed by atoms with Crippen molar-refractivity contribution in [2.24, 2.45) is 0 Å². The lowest BCUT2D eigenvalue weighted by atomic mass is 10.0. The van der Waals surface area contributed by atoms with Gasteiger partial charge in [-0.1, -0.05) is 83.5 Å². The first-order valence-electron chi connectivity index (χ1n) is 16.0. The van der Waals surface area contributed by atoms with Crippen LogP contribution in [-0.4, -0.2) is 45.7 Å². The third-order valence-corrected chi connectivity index (χ3v) is 8.16. The van der Waals surface area contributed by atoms with Gasteiger partial charge in [-0.05, 0) is 71.6 Å². The fourth-order valence-corrected chi connectivity index (χ4v) is 5.60. The zero-order valence-corrected chi connectivity index (χ0v) is 27.6. The summed E-state index contributed by atoms with van der Waals surface area (Å²) in [6.45, 7) is 2.67. The number of nitrogens with one attached hydrogen (secondary N) is 1. The minimum absolute atomic E-state index is 0.0511. The van der Waals surface area contributed by atoms with Crippen molar-refractivity contribution in [3.63, 3.8) is 0 Å². The van der Waals surface area contributed by atoms with E-state index in [2.05, 4.69) is 46.6 Å². The molecule has 0 aliphatic carbocycles. The van der Waals surface area contributed by atoms with E-state index in [9.17, 15) is 19.1 Å². The van der Waals surface area contributed by atoms with Gasteiger partial charge in [0.2, 0.25) is 11.7 Å². The van der Waals surface area contributed by atoms with Gasteiger partial charge in [0.05, 0.1) is 20.1 Å². The number of carbonyl (C=O) groups excluding carboxylic acids is 1. The largest absolute Gasteiger partial charge is 0.496 e. The van der Waals surface area contributed by atoms with Crippen molar-refractivity contribution in [3.8, 4) is 39.7 Å². The van der Waals surface area contributed by atoms with Gasteiger partial charge >= 0.3 is 5.97 Å². The van der Waals surface area contributed by atoms with Gasteiger partial charge in [0.15, 0.2) is 0 Å². The summed E-state index contributed by atoms with van der Waals surface area (Å²) in [5.74, 6) is -0.391. The van der Waals surface area contributed by atoms with Crippen LogP contribution in [0.3, 0.4) is 0 Å². The number of carboxylic acids is 1. The SMILES string of the molecule is COc1ccc(F)cc1CC(=O)Nc1ccc(CN(CC(=O)O)Cc2ccc(-c3noc(-c4ccc(-c5ccc(C)cc5)cc4)n3)cc2)cc1. The molecule has 0 spiro atoms. The van der Waals surface area contributed by atoms with Crippen molar-refractivity contribution >= 4 is 17.6 Å². The van der Waals surface area contributed by atoms with E-state index < -0.39 is 11.8 Å². The number of carboxylic acid groups (broad SMARTS) is 1. The summed E-state index contributed by atoms with van der Waals surface area (Å²) in [7, 11) is 1.47. The van der Waals surface area contributed by atoms with Crippen LogP contribution in [0.4, 0.5) is 10.1 Å². The predicted octanol–water partition coefficient (Wildman–Crippen LogP) is 7.79. The summed E-state index contributed by atoms with van der Waals surface area (Å²) in [4.78, 5) is 30.7. The van der Waals surface area contributed by atoms with E-state index in [0.29, 0.717) is 41.8 Å². The lowest BCUT2D eigenvalue weighted by Crippen LogP contribution is -2.29. The van der Waals surface area contributed by atoms with Crippen LogP contribution in [0.1, 0.15) is 22.3 Å². The van der Waals surface area contributed by atoms with Gasteiger partial charge in [0, 0.05) is 35.5 Å². The highest BCUT2D eigenvalue weighted by Crippen LogP contribution is 2.27. The monoisotopic (exact) mass is 670 g/mol. The number of aliphatic carboxylic acids is 1. The van der Waals surface area contributed by atoms with Gasteiger partial charge in [0.25, 0.3) is 5.89 Å². The molecule has 9 nitrogen and oxygen atoms in total. The molecule has 1 heterocycles. The summed E-state index contributed by atoms with van der Waals surface area (Å²) < 4.78 is 24.5. The third kappa shape index (κ3) is 8.66. The molecule has 1 aromatic heterocycles. The van der Waals surface area contributed by atoms with E-state index in [4.69, 9.17) is 9.26 Å². The Labute approximate surface area is 289 Å². The first-order valence-corrected chi connectivity index (χ1v) is 16.0. The molecule has 0 fully saturated rings. The van der Waals surface area contributed by atoms with E-state index in [1.54, 1.807) is 12.1 Å². The quantitative estimate of drug-likeness (QED) is 0.128. The smallest absolute Gasteiger partial charge is 0.317 e. The van der Waals surface area contributed by atoms with Gasteiger partial charge in [-0.2, -0.15) is 4.98 Å². The molecule has 0 atom stereocenters. The fraction of sp³-hybridized carbons (Fsp3) is 0.150. The van der Waals surface area contributed by atoms with Gasteiger partial charge in [-0.25, -0.2) is 4.39 Å². The zero-order valence-electron chi connectivity index (χ0n) is 27.6. The predicted molar refractivity (Wildman–Crippen MR) is 189 cm³/mol. The lowest BCUT2D eigenvalue weighted by molar-refractivity contribution is -0.138. The number of hydrogen-bond donors (Lipinski definition) is 2. The van der Waals surface area contributed by atoms with Crippen molar-refractivity contribution in [3.05, 3.63) is 143 Å². The Morgan fingerprint density at radius 3 is 2.00 bits per heavy atom. The molecule has 1 amide bonds. The average molecular weight is 671 g/mol. The number of carbonyl (C=O) groups is 2. The van der Waals surface area contributed by atoms with E-state index in [-0.39, 0.29) is 18.9 Å². The second kappa shape index (κ2) is 15.4. The van der Waals surface area contributed by atoms with Crippen LogP contribution in [0.25, 0.3) is 34.0 Å². The maximum atomic E-state index is 13.7. The van der Waals surface area contributed by atoms with Gasteiger partial charge in [-0.3, -0.25) is 14.5 Å². The number of rotatable bonds is 13. The molecule has 10 heteroatoms. The van der Waals surface area contributed by atoms with Crippen LogP contribution in [0.2, 0.25) is 0 Å². The van der Waals surface area contributed by atoms with Crippen molar-refractivity contribution in [2.45, 2.75) is 26.4 Å². The van der Waals surface area contributed by atoms with Crippen molar-refractivity contribution in [1.29, 1.82) is 0 Å². The Kier molecular flexibility index (Phi) is 10.4. The second-order valence-corrected chi connectivity index (χ2v) is 12.0. The summed E-state index contributed by atoms with van der Waals surface area (Å²) in [5, 5.41) is 16.6. The average Bonchev–Trinajstić information content (AvgIpc) is 3.60. The zero-order chi connectivity index (χ0) is 35.0. The van der Waals surface area contributed by atoms with Crippen molar-refractivity contribution < 1.29 is 28.3 Å². The molecule has 0 saturated carbocycles. The van der Waals surface area contributed by atoms with Crippen LogP contribution in [-0.2, 0) is 29.1 Å². The molecule has 0 saturated heterocycles. The number of aryl methyl sites for hydroxylation is 1. The van der Waals surface area contributed by atoms with Crippen molar-refractivity contribution in [1.82, 2.24) is 15.0 Å². The van der Waals surface area contributed by atoms with Crippen LogP contribution < -0.4 is 10.1 Å². The molecule has 6 aromatic rings. The highest BCUT2D eigenvalue weighted by atomic mass is 19.1. The number of ether oxygens (including phenoxy) is 1. The highest BCUT2D eigenvalue weighted by Gasteiger charge is 2.15. The maximum Gasteiger partial charge on any atom is 0.317 e. The number of nitrogens with zero attached hydrogens (tertiary/aromatic N) is 3. The molecule has 0 radical (unpaired) electrons. The summed E-state index contributed by atoms with van der Waals surface area (Å²) in [6.07, 6.45) is -0.0511. The Hall–Kier alpha value is -6.13. The van der Waals surface area contributed by atoms with Crippen LogP contribution in [0, 0.1) is 12.7 Å². The highest BCUT2D eigenvalue weighted by molar-refractivity contribution is 5.92. The number of amides is 1. The number of halogens is 1. The Morgan fingerprint density at radius 1 is 0.800 bits per heavy atom. The van der Waals surface area contributed by atoms with E-state index in [0.717, 1.165) is 33.4 Å². The number of methoxy groups -OCH3 is 1. The van der Waals surface area contributed by atoms with Gasteiger partial charge in [0.1, 0.15) is 11.6 Å². The Morgan fingerprint density at radius 2 is 1.38 bits per heavy atom. The molecule has 2 N–H and O–H groups in total. The van der Waals surface area contributed by atoms with E-state index >= 15 is 0 Å². The number of anilines is 1. The standard InChI is InChI=1S/C40H35FN4O5/c1-26-3-9-29(10-4-26)30-13-15-32(16-14-30)40-43-39(44-50-40)31-11-5-27(6-12-31)23-45(25-38(47)48)24-28-7-18-35(19-8-28)42-37(46)22-33-21-34(41)17-20-36(33)49-2/h3-21H,22-25H2,1-2H3,(H,42,46)(H,47,48). The van der Waals surface area contributed by atoms with Crippen molar-refractivity contribution in [2.75, 3.05) is 19.0 Å². The molecule has 50 heavy (non-hydrogen) atoms. The number of hydrogen-bond acceptors (Lipinski definition) is 7. The fourth-order valence-electron chi connectivity index (χ4n) is 5.60. The molecule has 6 rings (SSSR count). The summed E-state index contributed by atoms with van der Waals surface area (Å²) >= 11 is 0. The summed E-state index contributed by atoms with van der Waals surface area (Å²) in [5.41, 5.74) is 7.85. The Bertz CT molecular complexity index is 2080. The normalized spacial score (nSPS) is 11.0. The maximum absolute atomic E-state index is 13.7. The molecule has 0 bridgehead atoms. The molecule has 0 unspecified atom stereocenters. The summed E-state index contributed by atoms with van der Waals surface area (Å²) in [6, 6.07) is 35.2. The second-order valence-electron chi connectivity index (χ2n) is 12.0. The molecular formula is C40H35FN4O5. The molecule has 0 aliphatic heterocycles. The lowest BCUT2D eigenvalue weighted by Gasteiger charge is -2.21. The molecular weight excluding hydrogens is 635 g/mol. The van der Waals surface area contributed by atoms with Crippen LogP contribution in [0.15, 0.2) is 120 Å². The topological polar surface area (TPSA) is 118 Å². The minimum atomic E-state index is -0.940. The minimum Gasteiger partial charge on any atom is -0.496 e. The third-order valence-electron chi connectivity index (χ3n) is 8.16. The number of benzene rings is 5. The molecule has 5 aromatic carbocycles. The van der Waals surface area contributed by atoms with Crippen LogP contribution in [0.5, 0.6) is 5.75 Å². The number of aromatic nitrogens is 2. The first kappa shape index (κ1) is 33.8. The Balaban J connectivity index is 1.06. The first-order chi connectivity index (χ1) is 24.2. The van der Waals surface area contributed by atoms with E-state index in [1.165, 1.54) is 30.9 Å². The van der Waals surface area contributed by atoms with Crippen LogP contribution >= 0.6 is 0 Å². The molecule has 252 valence electrons.